The van der Waals surface area contributed by atoms with Crippen molar-refractivity contribution in [1.29, 1.82) is 0 Å². The van der Waals surface area contributed by atoms with E-state index in [2.05, 4.69) is 0 Å². The van der Waals surface area contributed by atoms with Gasteiger partial charge in [0.1, 0.15) is 11.8 Å². The number of ether oxygens (including phenoxy) is 1. The molecule has 120 valence electrons. The lowest BCUT2D eigenvalue weighted by atomic mass is 10.2. The largest absolute Gasteiger partial charge is 0.425 e. The molecule has 0 radical (unpaired) electrons. The second-order valence-electron chi connectivity index (χ2n) is 5.74. The second kappa shape index (κ2) is 6.96. The summed E-state index contributed by atoms with van der Waals surface area (Å²) in [6, 6.07) is 10.8. The number of hydrogen-bond donors (Lipinski definition) is 0. The second-order valence-corrected chi connectivity index (χ2v) is 6.77. The van der Waals surface area contributed by atoms with Crippen molar-refractivity contribution in [3.8, 4) is 5.75 Å². The minimum Gasteiger partial charge on any atom is -0.425 e. The van der Waals surface area contributed by atoms with Gasteiger partial charge >= 0.3 is 5.97 Å². The van der Waals surface area contributed by atoms with E-state index in [0.717, 1.165) is 16.9 Å². The molecule has 0 saturated carbocycles. The van der Waals surface area contributed by atoms with Gasteiger partial charge in [-0.1, -0.05) is 23.8 Å². The Morgan fingerprint density at radius 3 is 2.74 bits per heavy atom. The van der Waals surface area contributed by atoms with Gasteiger partial charge in [0.05, 0.1) is 6.42 Å². The van der Waals surface area contributed by atoms with Crippen molar-refractivity contribution < 1.29 is 14.3 Å². The molecule has 1 amide bonds. The summed E-state index contributed by atoms with van der Waals surface area (Å²) in [6.07, 6.45) is 1.86. The van der Waals surface area contributed by atoms with E-state index in [-0.39, 0.29) is 11.9 Å². The number of thiophene rings is 1. The fraction of sp³-hybridized carbons (Fsp3) is 0.333. The Morgan fingerprint density at radius 1 is 1.26 bits per heavy atom. The number of benzene rings is 1. The molecule has 1 aromatic heterocycles. The average molecular weight is 329 g/mol. The molecule has 1 unspecified atom stereocenters. The fourth-order valence-electron chi connectivity index (χ4n) is 2.76. The van der Waals surface area contributed by atoms with Crippen LogP contribution in [0.1, 0.15) is 23.3 Å². The molecular weight excluding hydrogens is 310 g/mol. The van der Waals surface area contributed by atoms with Crippen LogP contribution < -0.4 is 4.74 Å². The van der Waals surface area contributed by atoms with Gasteiger partial charge in [-0.3, -0.25) is 4.79 Å². The molecule has 23 heavy (non-hydrogen) atoms. The van der Waals surface area contributed by atoms with Gasteiger partial charge in [0.25, 0.3) is 0 Å². The van der Waals surface area contributed by atoms with Gasteiger partial charge in [-0.15, -0.1) is 11.3 Å². The predicted molar refractivity (Wildman–Crippen MR) is 89.6 cm³/mol. The van der Waals surface area contributed by atoms with Crippen LogP contribution in [0.5, 0.6) is 5.75 Å². The first kappa shape index (κ1) is 15.7. The highest BCUT2D eigenvalue weighted by molar-refractivity contribution is 7.10. The summed E-state index contributed by atoms with van der Waals surface area (Å²) < 4.78 is 5.44. The zero-order valence-electron chi connectivity index (χ0n) is 13.0. The third-order valence-corrected chi connectivity index (χ3v) is 4.87. The van der Waals surface area contributed by atoms with Crippen LogP contribution in [0, 0.1) is 6.92 Å². The molecule has 0 spiro atoms. The van der Waals surface area contributed by atoms with Crippen molar-refractivity contribution in [2.45, 2.75) is 32.2 Å². The van der Waals surface area contributed by atoms with Crippen LogP contribution in [-0.4, -0.2) is 29.4 Å². The normalized spacial score (nSPS) is 17.3. The Kier molecular flexibility index (Phi) is 4.76. The van der Waals surface area contributed by atoms with E-state index in [0.29, 0.717) is 25.1 Å². The SMILES string of the molecule is Cc1ccc(OC(=O)C2CCCN2C(=O)Cc2cccs2)cc1. The first-order valence-electron chi connectivity index (χ1n) is 7.74. The number of rotatable bonds is 4. The van der Waals surface area contributed by atoms with E-state index in [9.17, 15) is 9.59 Å². The third-order valence-electron chi connectivity index (χ3n) is 3.99. The monoisotopic (exact) mass is 329 g/mol. The molecule has 1 aromatic carbocycles. The van der Waals surface area contributed by atoms with Crippen molar-refractivity contribution in [3.05, 3.63) is 52.2 Å². The zero-order chi connectivity index (χ0) is 16.2. The van der Waals surface area contributed by atoms with Crippen molar-refractivity contribution in [1.82, 2.24) is 4.90 Å². The molecule has 0 aliphatic carbocycles. The van der Waals surface area contributed by atoms with Gasteiger partial charge in [-0.2, -0.15) is 0 Å². The standard InChI is InChI=1S/C18H19NO3S/c1-13-6-8-14(9-7-13)22-18(21)16-5-2-10-19(16)17(20)12-15-4-3-11-23-15/h3-4,6-9,11,16H,2,5,10,12H2,1H3. The lowest BCUT2D eigenvalue weighted by Crippen LogP contribution is -2.43. The van der Waals surface area contributed by atoms with Gasteiger partial charge < -0.3 is 9.64 Å². The number of carbonyl (C=O) groups excluding carboxylic acids is 2. The van der Waals surface area contributed by atoms with Crippen molar-refractivity contribution in [3.63, 3.8) is 0 Å². The first-order valence-corrected chi connectivity index (χ1v) is 8.61. The summed E-state index contributed by atoms with van der Waals surface area (Å²) in [5.74, 6) is 0.180. The molecule has 2 heterocycles. The quantitative estimate of drug-likeness (QED) is 0.639. The molecule has 1 aliphatic rings. The molecule has 1 atom stereocenters. The molecule has 0 N–H and O–H groups in total. The Labute approximate surface area is 139 Å². The minimum absolute atomic E-state index is 0.00388. The van der Waals surface area contributed by atoms with E-state index in [1.165, 1.54) is 0 Å². The van der Waals surface area contributed by atoms with Gasteiger partial charge in [0.2, 0.25) is 5.91 Å². The van der Waals surface area contributed by atoms with Crippen LogP contribution in [0.2, 0.25) is 0 Å². The van der Waals surface area contributed by atoms with E-state index in [1.54, 1.807) is 28.4 Å². The number of hydrogen-bond acceptors (Lipinski definition) is 4. The van der Waals surface area contributed by atoms with E-state index in [4.69, 9.17) is 4.74 Å². The number of esters is 1. The van der Waals surface area contributed by atoms with Crippen LogP contribution in [0.3, 0.4) is 0 Å². The maximum absolute atomic E-state index is 12.4. The smallest absolute Gasteiger partial charge is 0.334 e. The Balaban J connectivity index is 1.64. The van der Waals surface area contributed by atoms with Crippen LogP contribution in [0.4, 0.5) is 0 Å². The minimum atomic E-state index is -0.469. The Bertz CT molecular complexity index is 679. The lowest BCUT2D eigenvalue weighted by Gasteiger charge is -2.23. The molecule has 1 saturated heterocycles. The summed E-state index contributed by atoms with van der Waals surface area (Å²) in [5, 5.41) is 1.95. The average Bonchev–Trinajstić information content (AvgIpc) is 3.20. The van der Waals surface area contributed by atoms with Gasteiger partial charge in [-0.05, 0) is 43.3 Å². The molecule has 1 fully saturated rings. The highest BCUT2D eigenvalue weighted by Crippen LogP contribution is 2.22. The summed E-state index contributed by atoms with van der Waals surface area (Å²) in [7, 11) is 0. The van der Waals surface area contributed by atoms with E-state index < -0.39 is 6.04 Å². The highest BCUT2D eigenvalue weighted by Gasteiger charge is 2.35. The van der Waals surface area contributed by atoms with E-state index >= 15 is 0 Å². The third kappa shape index (κ3) is 3.79. The fourth-order valence-corrected chi connectivity index (χ4v) is 3.46. The Morgan fingerprint density at radius 2 is 2.04 bits per heavy atom. The number of amides is 1. The van der Waals surface area contributed by atoms with Crippen molar-refractivity contribution >= 4 is 23.2 Å². The van der Waals surface area contributed by atoms with Crippen molar-refractivity contribution in [2.24, 2.45) is 0 Å². The van der Waals surface area contributed by atoms with Crippen LogP contribution >= 0.6 is 11.3 Å². The topological polar surface area (TPSA) is 46.6 Å². The van der Waals surface area contributed by atoms with Crippen LogP contribution in [0.15, 0.2) is 41.8 Å². The summed E-state index contributed by atoms with van der Waals surface area (Å²) in [6.45, 7) is 2.60. The van der Waals surface area contributed by atoms with Gasteiger partial charge in [-0.25, -0.2) is 4.79 Å². The molecular formula is C18H19NO3S. The summed E-state index contributed by atoms with van der Waals surface area (Å²) >= 11 is 1.56. The highest BCUT2D eigenvalue weighted by atomic mass is 32.1. The van der Waals surface area contributed by atoms with Crippen LogP contribution in [0.25, 0.3) is 0 Å². The lowest BCUT2D eigenvalue weighted by molar-refractivity contribution is -0.145. The zero-order valence-corrected chi connectivity index (χ0v) is 13.8. The molecule has 3 rings (SSSR count). The maximum atomic E-state index is 12.4. The summed E-state index contributed by atoms with van der Waals surface area (Å²) in [4.78, 5) is 27.5. The van der Waals surface area contributed by atoms with E-state index in [1.807, 2.05) is 36.6 Å². The number of likely N-dealkylation sites (tertiary alicyclic amines) is 1. The number of aryl methyl sites for hydroxylation is 1. The van der Waals surface area contributed by atoms with Gasteiger partial charge in [0, 0.05) is 11.4 Å². The molecule has 2 aromatic rings. The molecule has 5 heteroatoms. The summed E-state index contributed by atoms with van der Waals surface area (Å²) in [5.41, 5.74) is 1.11. The van der Waals surface area contributed by atoms with Gasteiger partial charge in [0.15, 0.2) is 0 Å². The first-order chi connectivity index (χ1) is 11.1. The number of nitrogens with zero attached hydrogens (tertiary/aromatic N) is 1. The number of carbonyl (C=O) groups is 2. The maximum Gasteiger partial charge on any atom is 0.334 e. The molecule has 4 nitrogen and oxygen atoms in total. The predicted octanol–water partition coefficient (Wildman–Crippen LogP) is 3.20. The van der Waals surface area contributed by atoms with Crippen LogP contribution in [-0.2, 0) is 16.0 Å². The Hall–Kier alpha value is -2.14. The van der Waals surface area contributed by atoms with Crippen molar-refractivity contribution in [2.75, 3.05) is 6.54 Å². The molecule has 1 aliphatic heterocycles. The molecule has 0 bridgehead atoms.